The predicted octanol–water partition coefficient (Wildman–Crippen LogP) is 8.61. The van der Waals surface area contributed by atoms with Gasteiger partial charge in [-0.3, -0.25) is 0 Å². The number of para-hydroxylation sites is 1. The lowest BCUT2D eigenvalue weighted by molar-refractivity contribution is 1.18. The summed E-state index contributed by atoms with van der Waals surface area (Å²) in [4.78, 5) is 0. The molecule has 0 aliphatic rings. The van der Waals surface area contributed by atoms with Gasteiger partial charge in [-0.05, 0) is 49.7 Å². The van der Waals surface area contributed by atoms with E-state index in [2.05, 4.69) is 103 Å². The molecule has 0 atom stereocenters. The summed E-state index contributed by atoms with van der Waals surface area (Å²) in [6, 6.07) is 40.5. The maximum Gasteiger partial charge on any atom is 0.100 e. The van der Waals surface area contributed by atoms with Gasteiger partial charge in [-0.25, -0.2) is 0 Å². The molecule has 0 spiro atoms. The van der Waals surface area contributed by atoms with E-state index in [1.165, 1.54) is 32.9 Å². The Morgan fingerprint density at radius 3 is 1.80 bits per heavy atom. The highest BCUT2D eigenvalue weighted by atomic mass is 15.0. The van der Waals surface area contributed by atoms with Crippen molar-refractivity contribution in [2.24, 2.45) is 0 Å². The lowest BCUT2D eigenvalue weighted by atomic mass is 9.91. The molecule has 6 rings (SSSR count). The van der Waals surface area contributed by atoms with Crippen LogP contribution in [-0.4, -0.2) is 4.57 Å². The molecular weight excluding hydrogens is 424 g/mol. The van der Waals surface area contributed by atoms with Crippen LogP contribution in [0.4, 0.5) is 0 Å². The maximum absolute atomic E-state index is 10.3. The van der Waals surface area contributed by atoms with Gasteiger partial charge >= 0.3 is 0 Å². The van der Waals surface area contributed by atoms with Gasteiger partial charge in [0.05, 0.1) is 22.3 Å². The largest absolute Gasteiger partial charge is 0.309 e. The van der Waals surface area contributed by atoms with Crippen molar-refractivity contribution < 1.29 is 0 Å². The quantitative estimate of drug-likeness (QED) is 0.266. The van der Waals surface area contributed by atoms with Crippen LogP contribution in [0, 0.1) is 25.2 Å². The molecule has 0 fully saturated rings. The average molecular weight is 449 g/mol. The molecule has 0 aliphatic carbocycles. The van der Waals surface area contributed by atoms with Gasteiger partial charge in [-0.1, -0.05) is 90.0 Å². The fraction of sp³-hybridized carbons (Fsp3) is 0.0606. The normalized spacial score (nSPS) is 11.1. The van der Waals surface area contributed by atoms with E-state index in [1.807, 2.05) is 30.3 Å². The Morgan fingerprint density at radius 2 is 1.14 bits per heavy atom. The zero-order valence-corrected chi connectivity index (χ0v) is 19.8. The molecule has 0 amide bonds. The highest BCUT2D eigenvalue weighted by Crippen LogP contribution is 2.39. The van der Waals surface area contributed by atoms with Gasteiger partial charge < -0.3 is 4.57 Å². The molecule has 5 aromatic carbocycles. The third-order valence-corrected chi connectivity index (χ3v) is 6.77. The number of hydrogen-bond donors (Lipinski definition) is 0. The van der Waals surface area contributed by atoms with Crippen LogP contribution in [0.5, 0.6) is 0 Å². The molecule has 0 aliphatic heterocycles. The lowest BCUT2D eigenvalue weighted by Gasteiger charge is -2.16. The van der Waals surface area contributed by atoms with Crippen molar-refractivity contribution in [2.45, 2.75) is 13.8 Å². The molecule has 35 heavy (non-hydrogen) atoms. The summed E-state index contributed by atoms with van der Waals surface area (Å²) >= 11 is 0. The number of fused-ring (bicyclic) bond motifs is 3. The van der Waals surface area contributed by atoms with E-state index in [9.17, 15) is 5.26 Å². The molecule has 6 aromatic rings. The van der Waals surface area contributed by atoms with Crippen LogP contribution in [-0.2, 0) is 0 Å². The number of aryl methyl sites for hydroxylation is 2. The summed E-state index contributed by atoms with van der Waals surface area (Å²) in [6.07, 6.45) is 0. The lowest BCUT2D eigenvalue weighted by Crippen LogP contribution is -1.99. The van der Waals surface area contributed by atoms with Gasteiger partial charge in [-0.15, -0.1) is 0 Å². The molecule has 0 unspecified atom stereocenters. The van der Waals surface area contributed by atoms with Crippen LogP contribution >= 0.6 is 0 Å². The van der Waals surface area contributed by atoms with Crippen LogP contribution in [0.15, 0.2) is 109 Å². The second kappa shape index (κ2) is 8.31. The Bertz CT molecular complexity index is 1710. The fourth-order valence-electron chi connectivity index (χ4n) is 5.16. The smallest absolute Gasteiger partial charge is 0.100 e. The van der Waals surface area contributed by atoms with E-state index in [0.29, 0.717) is 5.56 Å². The van der Waals surface area contributed by atoms with Gasteiger partial charge in [-0.2, -0.15) is 5.26 Å². The van der Waals surface area contributed by atoms with Crippen molar-refractivity contribution in [3.05, 3.63) is 126 Å². The molecule has 0 saturated heterocycles. The van der Waals surface area contributed by atoms with Crippen molar-refractivity contribution in [1.29, 1.82) is 5.26 Å². The van der Waals surface area contributed by atoms with E-state index in [-0.39, 0.29) is 0 Å². The molecule has 2 nitrogen and oxygen atoms in total. The summed E-state index contributed by atoms with van der Waals surface area (Å²) < 4.78 is 2.34. The Morgan fingerprint density at radius 1 is 0.571 bits per heavy atom. The first-order valence-electron chi connectivity index (χ1n) is 11.9. The molecule has 0 radical (unpaired) electrons. The predicted molar refractivity (Wildman–Crippen MR) is 146 cm³/mol. The van der Waals surface area contributed by atoms with Crippen molar-refractivity contribution in [2.75, 3.05) is 0 Å². The molecule has 2 heteroatoms. The third kappa shape index (κ3) is 3.41. The van der Waals surface area contributed by atoms with Crippen molar-refractivity contribution in [1.82, 2.24) is 4.57 Å². The van der Waals surface area contributed by atoms with E-state index in [4.69, 9.17) is 0 Å². The monoisotopic (exact) mass is 448 g/mol. The van der Waals surface area contributed by atoms with E-state index in [1.54, 1.807) is 0 Å². The molecule has 1 aromatic heterocycles. The minimum atomic E-state index is 0.693. The van der Waals surface area contributed by atoms with Crippen LogP contribution in [0.2, 0.25) is 0 Å². The summed E-state index contributed by atoms with van der Waals surface area (Å²) in [6.45, 7) is 4.28. The summed E-state index contributed by atoms with van der Waals surface area (Å²) in [5.74, 6) is 0. The van der Waals surface area contributed by atoms with E-state index in [0.717, 1.165) is 27.9 Å². The van der Waals surface area contributed by atoms with Gasteiger partial charge in [0.1, 0.15) is 6.07 Å². The zero-order chi connectivity index (χ0) is 23.9. The second-order valence-electron chi connectivity index (χ2n) is 9.10. The number of aromatic nitrogens is 1. The van der Waals surface area contributed by atoms with Gasteiger partial charge in [0, 0.05) is 27.5 Å². The molecule has 0 bridgehead atoms. The van der Waals surface area contributed by atoms with Gasteiger partial charge in [0.25, 0.3) is 0 Å². The van der Waals surface area contributed by atoms with E-state index < -0.39 is 0 Å². The Kier molecular flexibility index (Phi) is 4.98. The van der Waals surface area contributed by atoms with Gasteiger partial charge in [0.2, 0.25) is 0 Å². The first-order chi connectivity index (χ1) is 17.2. The third-order valence-electron chi connectivity index (χ3n) is 6.77. The first kappa shape index (κ1) is 21.0. The summed E-state index contributed by atoms with van der Waals surface area (Å²) in [5, 5.41) is 12.8. The Labute approximate surface area is 205 Å². The van der Waals surface area contributed by atoms with Crippen molar-refractivity contribution >= 4 is 21.8 Å². The summed E-state index contributed by atoms with van der Waals surface area (Å²) in [7, 11) is 0. The van der Waals surface area contributed by atoms with Crippen LogP contribution < -0.4 is 0 Å². The zero-order valence-electron chi connectivity index (χ0n) is 19.8. The SMILES string of the molecule is Cc1ccc2c(c1)c1cc(C)ccc1n2-c1ccccc1-c1cccc(-c2ccccc2)c1C#N. The second-order valence-corrected chi connectivity index (χ2v) is 9.10. The maximum atomic E-state index is 10.3. The minimum Gasteiger partial charge on any atom is -0.309 e. The summed E-state index contributed by atoms with van der Waals surface area (Å²) in [5.41, 5.74) is 10.6. The molecular formula is C33H24N2. The van der Waals surface area contributed by atoms with Crippen LogP contribution in [0.1, 0.15) is 16.7 Å². The van der Waals surface area contributed by atoms with Crippen molar-refractivity contribution in [3.63, 3.8) is 0 Å². The molecule has 1 heterocycles. The Balaban J connectivity index is 1.68. The van der Waals surface area contributed by atoms with Crippen molar-refractivity contribution in [3.8, 4) is 34.0 Å². The van der Waals surface area contributed by atoms with E-state index >= 15 is 0 Å². The number of rotatable bonds is 3. The standard InChI is InChI=1S/C33H24N2/c1-22-15-17-32-28(19-22)29-20-23(2)16-18-33(29)35(32)31-14-7-6-11-27(31)26-13-8-12-25(30(26)21-34)24-9-4-3-5-10-24/h3-20H,1-2H3. The topological polar surface area (TPSA) is 28.7 Å². The number of nitrogens with zero attached hydrogens (tertiary/aromatic N) is 2. The van der Waals surface area contributed by atoms with Crippen LogP contribution in [0.3, 0.4) is 0 Å². The number of benzene rings is 5. The minimum absolute atomic E-state index is 0.693. The highest BCUT2D eigenvalue weighted by molar-refractivity contribution is 6.10. The average Bonchev–Trinajstić information content (AvgIpc) is 3.21. The van der Waals surface area contributed by atoms with Gasteiger partial charge in [0.15, 0.2) is 0 Å². The van der Waals surface area contributed by atoms with Crippen LogP contribution in [0.25, 0.3) is 49.7 Å². The Hall–Kier alpha value is -4.61. The number of nitriles is 1. The first-order valence-corrected chi connectivity index (χ1v) is 11.9. The molecule has 166 valence electrons. The fourth-order valence-corrected chi connectivity index (χ4v) is 5.16. The highest BCUT2D eigenvalue weighted by Gasteiger charge is 2.18. The molecule has 0 N–H and O–H groups in total. The number of hydrogen-bond acceptors (Lipinski definition) is 1. The molecule has 0 saturated carbocycles.